The predicted molar refractivity (Wildman–Crippen MR) is 86.8 cm³/mol. The summed E-state index contributed by atoms with van der Waals surface area (Å²) in [7, 11) is 1.55. The van der Waals surface area contributed by atoms with Crippen LogP contribution in [-0.4, -0.2) is 25.7 Å². The molecule has 1 atom stereocenters. The molecule has 0 aromatic heterocycles. The van der Waals surface area contributed by atoms with E-state index in [4.69, 9.17) is 21.1 Å². The van der Waals surface area contributed by atoms with Gasteiger partial charge in [0.15, 0.2) is 11.5 Å². The summed E-state index contributed by atoms with van der Waals surface area (Å²) in [6.07, 6.45) is 0. The summed E-state index contributed by atoms with van der Waals surface area (Å²) >= 11 is 5.67. The maximum atomic E-state index is 13.7. The van der Waals surface area contributed by atoms with Gasteiger partial charge in [0.05, 0.1) is 18.7 Å². The first-order valence-electron chi connectivity index (χ1n) is 7.03. The topological polar surface area (TPSA) is 47.6 Å². The van der Waals surface area contributed by atoms with E-state index in [1.807, 2.05) is 12.1 Å². The van der Waals surface area contributed by atoms with E-state index in [1.165, 1.54) is 12.1 Å². The SMILES string of the molecule is COc1ccccc1OCC(C)NC(=O)c1ccc(Cl)cc1F. The third kappa shape index (κ3) is 4.60. The number of rotatable bonds is 6. The minimum atomic E-state index is -0.659. The Morgan fingerprint density at radius 3 is 2.61 bits per heavy atom. The first kappa shape index (κ1) is 17.1. The van der Waals surface area contributed by atoms with Crippen LogP contribution >= 0.6 is 11.6 Å². The van der Waals surface area contributed by atoms with Crippen LogP contribution in [0, 0.1) is 5.82 Å². The molecule has 1 amide bonds. The van der Waals surface area contributed by atoms with Crippen molar-refractivity contribution in [2.24, 2.45) is 0 Å². The summed E-state index contributed by atoms with van der Waals surface area (Å²) in [4.78, 5) is 12.0. The Morgan fingerprint density at radius 1 is 1.26 bits per heavy atom. The van der Waals surface area contributed by atoms with Gasteiger partial charge in [-0.2, -0.15) is 0 Å². The van der Waals surface area contributed by atoms with Crippen molar-refractivity contribution in [3.8, 4) is 11.5 Å². The third-order valence-corrected chi connectivity index (χ3v) is 3.35. The molecule has 0 saturated heterocycles. The fourth-order valence-corrected chi connectivity index (χ4v) is 2.13. The van der Waals surface area contributed by atoms with Crippen LogP contribution in [0.25, 0.3) is 0 Å². The number of halogens is 2. The van der Waals surface area contributed by atoms with Crippen LogP contribution in [-0.2, 0) is 0 Å². The summed E-state index contributed by atoms with van der Waals surface area (Å²) in [6.45, 7) is 1.99. The van der Waals surface area contributed by atoms with Crippen LogP contribution in [0.4, 0.5) is 4.39 Å². The highest BCUT2D eigenvalue weighted by Crippen LogP contribution is 2.25. The zero-order valence-electron chi connectivity index (χ0n) is 12.8. The molecule has 0 bridgehead atoms. The molecule has 4 nitrogen and oxygen atoms in total. The lowest BCUT2D eigenvalue weighted by Gasteiger charge is -2.16. The van der Waals surface area contributed by atoms with Gasteiger partial charge < -0.3 is 14.8 Å². The largest absolute Gasteiger partial charge is 0.493 e. The highest BCUT2D eigenvalue weighted by atomic mass is 35.5. The Morgan fingerprint density at radius 2 is 1.96 bits per heavy atom. The number of carbonyl (C=O) groups is 1. The van der Waals surface area contributed by atoms with Crippen molar-refractivity contribution in [3.63, 3.8) is 0 Å². The molecule has 0 spiro atoms. The van der Waals surface area contributed by atoms with Crippen LogP contribution in [0.5, 0.6) is 11.5 Å². The van der Waals surface area contributed by atoms with E-state index in [1.54, 1.807) is 26.2 Å². The molecular weight excluding hydrogens is 321 g/mol. The van der Waals surface area contributed by atoms with E-state index in [2.05, 4.69) is 5.32 Å². The molecule has 2 aromatic rings. The monoisotopic (exact) mass is 337 g/mol. The molecule has 1 N–H and O–H groups in total. The molecule has 0 aliphatic rings. The number of hydrogen-bond acceptors (Lipinski definition) is 3. The van der Waals surface area contributed by atoms with Crippen molar-refractivity contribution >= 4 is 17.5 Å². The molecule has 23 heavy (non-hydrogen) atoms. The van der Waals surface area contributed by atoms with Gasteiger partial charge in [-0.3, -0.25) is 4.79 Å². The second-order valence-corrected chi connectivity index (χ2v) is 5.40. The molecule has 6 heteroatoms. The van der Waals surface area contributed by atoms with E-state index in [0.29, 0.717) is 11.5 Å². The molecular formula is C17H17ClFNO3. The van der Waals surface area contributed by atoms with Gasteiger partial charge in [0, 0.05) is 5.02 Å². The maximum Gasteiger partial charge on any atom is 0.254 e. The first-order valence-corrected chi connectivity index (χ1v) is 7.40. The van der Waals surface area contributed by atoms with E-state index in [9.17, 15) is 9.18 Å². The van der Waals surface area contributed by atoms with Gasteiger partial charge in [-0.1, -0.05) is 23.7 Å². The normalized spacial score (nSPS) is 11.7. The van der Waals surface area contributed by atoms with E-state index < -0.39 is 11.7 Å². The van der Waals surface area contributed by atoms with Gasteiger partial charge in [0.2, 0.25) is 0 Å². The number of amides is 1. The minimum Gasteiger partial charge on any atom is -0.493 e. The summed E-state index contributed by atoms with van der Waals surface area (Å²) in [6, 6.07) is 10.8. The van der Waals surface area contributed by atoms with Crippen molar-refractivity contribution in [2.45, 2.75) is 13.0 Å². The van der Waals surface area contributed by atoms with Gasteiger partial charge in [-0.15, -0.1) is 0 Å². The number of nitrogens with one attached hydrogen (secondary N) is 1. The lowest BCUT2D eigenvalue weighted by molar-refractivity contribution is 0.0922. The Kier molecular flexibility index (Phi) is 5.82. The quantitative estimate of drug-likeness (QED) is 0.874. The second-order valence-electron chi connectivity index (χ2n) is 4.96. The highest BCUT2D eigenvalue weighted by Gasteiger charge is 2.15. The Bertz CT molecular complexity index is 693. The molecule has 0 fully saturated rings. The molecule has 0 radical (unpaired) electrons. The Balaban J connectivity index is 1.94. The zero-order valence-corrected chi connectivity index (χ0v) is 13.6. The fourth-order valence-electron chi connectivity index (χ4n) is 1.97. The lowest BCUT2D eigenvalue weighted by atomic mass is 10.2. The van der Waals surface area contributed by atoms with E-state index in [-0.39, 0.29) is 23.2 Å². The lowest BCUT2D eigenvalue weighted by Crippen LogP contribution is -2.37. The van der Waals surface area contributed by atoms with Gasteiger partial charge >= 0.3 is 0 Å². The van der Waals surface area contributed by atoms with Crippen LogP contribution in [0.1, 0.15) is 17.3 Å². The maximum absolute atomic E-state index is 13.7. The van der Waals surface area contributed by atoms with Crippen molar-refractivity contribution in [3.05, 3.63) is 58.9 Å². The molecule has 122 valence electrons. The summed E-state index contributed by atoms with van der Waals surface area (Å²) in [5.41, 5.74) is -0.0569. The van der Waals surface area contributed by atoms with Crippen LogP contribution < -0.4 is 14.8 Å². The molecule has 2 aromatic carbocycles. The molecule has 0 saturated carbocycles. The molecule has 1 unspecified atom stereocenters. The summed E-state index contributed by atoms with van der Waals surface area (Å²) in [5, 5.41) is 2.92. The number of carbonyl (C=O) groups excluding carboxylic acids is 1. The highest BCUT2D eigenvalue weighted by molar-refractivity contribution is 6.30. The zero-order chi connectivity index (χ0) is 16.8. The number of benzene rings is 2. The molecule has 0 aliphatic heterocycles. The standard InChI is InChI=1S/C17H17ClFNO3/c1-11(10-23-16-6-4-3-5-15(16)22-2)20-17(21)13-8-7-12(18)9-14(13)19/h3-9,11H,10H2,1-2H3,(H,20,21). The fraction of sp³-hybridized carbons (Fsp3) is 0.235. The van der Waals surface area contributed by atoms with E-state index >= 15 is 0 Å². The van der Waals surface area contributed by atoms with Crippen molar-refractivity contribution in [1.82, 2.24) is 5.32 Å². The molecule has 2 rings (SSSR count). The summed E-state index contributed by atoms with van der Waals surface area (Å²) < 4.78 is 24.5. The number of ether oxygens (including phenoxy) is 2. The van der Waals surface area contributed by atoms with Crippen molar-refractivity contribution < 1.29 is 18.7 Å². The van der Waals surface area contributed by atoms with Crippen LogP contribution in [0.2, 0.25) is 5.02 Å². The van der Waals surface area contributed by atoms with Gasteiger partial charge in [-0.25, -0.2) is 4.39 Å². The van der Waals surface area contributed by atoms with Crippen molar-refractivity contribution in [2.75, 3.05) is 13.7 Å². The van der Waals surface area contributed by atoms with Gasteiger partial charge in [-0.05, 0) is 37.3 Å². The van der Waals surface area contributed by atoms with Crippen molar-refractivity contribution in [1.29, 1.82) is 0 Å². The van der Waals surface area contributed by atoms with E-state index in [0.717, 1.165) is 6.07 Å². The Hall–Kier alpha value is -2.27. The minimum absolute atomic E-state index is 0.0569. The number of para-hydroxylation sites is 2. The Labute approximate surface area is 139 Å². The number of hydrogen-bond donors (Lipinski definition) is 1. The first-order chi connectivity index (χ1) is 11.0. The average Bonchev–Trinajstić information content (AvgIpc) is 2.53. The average molecular weight is 338 g/mol. The smallest absolute Gasteiger partial charge is 0.254 e. The number of methoxy groups -OCH3 is 1. The van der Waals surface area contributed by atoms with Crippen LogP contribution in [0.3, 0.4) is 0 Å². The second kappa shape index (κ2) is 7.83. The van der Waals surface area contributed by atoms with Gasteiger partial charge in [0.1, 0.15) is 12.4 Å². The molecule has 0 aliphatic carbocycles. The predicted octanol–water partition coefficient (Wildman–Crippen LogP) is 3.69. The summed E-state index contributed by atoms with van der Waals surface area (Å²) in [5.74, 6) is 0.00619. The van der Waals surface area contributed by atoms with Crippen LogP contribution in [0.15, 0.2) is 42.5 Å². The third-order valence-electron chi connectivity index (χ3n) is 3.11. The van der Waals surface area contributed by atoms with Gasteiger partial charge in [0.25, 0.3) is 5.91 Å². The molecule has 0 heterocycles.